The molecule has 0 radical (unpaired) electrons. The maximum atomic E-state index is 9.98. The van der Waals surface area contributed by atoms with Crippen molar-refractivity contribution in [2.45, 2.75) is 27.7 Å². The summed E-state index contributed by atoms with van der Waals surface area (Å²) < 4.78 is 0. The van der Waals surface area contributed by atoms with E-state index in [0.717, 1.165) is 22.4 Å². The van der Waals surface area contributed by atoms with Gasteiger partial charge in [-0.1, -0.05) is 12.1 Å². The number of nitrogens with one attached hydrogen (secondary N) is 1. The molecule has 0 aromatic heterocycles. The molecule has 0 spiro atoms. The lowest BCUT2D eigenvalue weighted by molar-refractivity contribution is 0.470. The van der Waals surface area contributed by atoms with Crippen LogP contribution in [0.5, 0.6) is 5.75 Å². The number of hydrazone groups is 1. The Bertz CT molecular complexity index is 660. The third-order valence-corrected chi connectivity index (χ3v) is 3.38. The molecule has 104 valence electrons. The van der Waals surface area contributed by atoms with Crippen LogP contribution in [0.3, 0.4) is 0 Å². The highest BCUT2D eigenvalue weighted by molar-refractivity contribution is 5.85. The smallest absolute Gasteiger partial charge is 0.127 e. The number of hydrogen-bond donors (Lipinski definition) is 2. The van der Waals surface area contributed by atoms with E-state index in [4.69, 9.17) is 0 Å². The Morgan fingerprint density at radius 3 is 2.40 bits per heavy atom. The summed E-state index contributed by atoms with van der Waals surface area (Å²) in [6.07, 6.45) is 1.64. The maximum Gasteiger partial charge on any atom is 0.127 e. The molecule has 0 unspecified atom stereocenters. The lowest BCUT2D eigenvalue weighted by atomic mass is 10.1. The molecule has 0 bridgehead atoms. The van der Waals surface area contributed by atoms with Gasteiger partial charge in [-0.25, -0.2) is 0 Å². The monoisotopic (exact) mass is 268 g/mol. The quantitative estimate of drug-likeness (QED) is 0.651. The Morgan fingerprint density at radius 2 is 1.70 bits per heavy atom. The zero-order valence-electron chi connectivity index (χ0n) is 12.4. The Morgan fingerprint density at radius 1 is 0.950 bits per heavy atom. The van der Waals surface area contributed by atoms with Crippen molar-refractivity contribution in [1.82, 2.24) is 0 Å². The summed E-state index contributed by atoms with van der Waals surface area (Å²) in [5.41, 5.74) is 9.09. The van der Waals surface area contributed by atoms with Gasteiger partial charge in [-0.15, -0.1) is 0 Å². The number of anilines is 1. The van der Waals surface area contributed by atoms with Crippen molar-refractivity contribution in [2.24, 2.45) is 5.10 Å². The number of hydrogen-bond acceptors (Lipinski definition) is 3. The summed E-state index contributed by atoms with van der Waals surface area (Å²) in [5.74, 6) is 0.279. The Kier molecular flexibility index (Phi) is 4.08. The van der Waals surface area contributed by atoms with Crippen LogP contribution in [0.25, 0.3) is 0 Å². The summed E-state index contributed by atoms with van der Waals surface area (Å²) in [6.45, 7) is 8.03. The van der Waals surface area contributed by atoms with Gasteiger partial charge in [0.2, 0.25) is 0 Å². The average molecular weight is 268 g/mol. The predicted octanol–water partition coefficient (Wildman–Crippen LogP) is 4.07. The minimum Gasteiger partial charge on any atom is -0.507 e. The van der Waals surface area contributed by atoms with Gasteiger partial charge >= 0.3 is 0 Å². The minimum atomic E-state index is 0.279. The number of aromatic hydroxyl groups is 1. The first-order chi connectivity index (χ1) is 9.47. The molecule has 0 amide bonds. The van der Waals surface area contributed by atoms with Gasteiger partial charge in [-0.05, 0) is 68.1 Å². The molecule has 3 heteroatoms. The van der Waals surface area contributed by atoms with E-state index >= 15 is 0 Å². The van der Waals surface area contributed by atoms with E-state index in [9.17, 15) is 5.11 Å². The summed E-state index contributed by atoms with van der Waals surface area (Å²) in [5, 5.41) is 14.2. The van der Waals surface area contributed by atoms with Crippen LogP contribution >= 0.6 is 0 Å². The van der Waals surface area contributed by atoms with Crippen LogP contribution < -0.4 is 5.43 Å². The van der Waals surface area contributed by atoms with E-state index in [0.29, 0.717) is 0 Å². The van der Waals surface area contributed by atoms with Crippen molar-refractivity contribution in [3.8, 4) is 5.75 Å². The lowest BCUT2D eigenvalue weighted by Crippen LogP contribution is -1.94. The fraction of sp³-hybridized carbons (Fsp3) is 0.235. The van der Waals surface area contributed by atoms with Crippen LogP contribution in [0.15, 0.2) is 35.4 Å². The first-order valence-electron chi connectivity index (χ1n) is 6.64. The van der Waals surface area contributed by atoms with Gasteiger partial charge in [0.05, 0.1) is 11.9 Å². The number of rotatable bonds is 3. The first kappa shape index (κ1) is 14.1. The molecule has 2 N–H and O–H groups in total. The van der Waals surface area contributed by atoms with Gasteiger partial charge < -0.3 is 5.11 Å². The molecule has 2 rings (SSSR count). The largest absolute Gasteiger partial charge is 0.507 e. The van der Waals surface area contributed by atoms with Crippen molar-refractivity contribution < 1.29 is 5.11 Å². The molecule has 0 aliphatic rings. The fourth-order valence-corrected chi connectivity index (χ4v) is 2.08. The average Bonchev–Trinajstić information content (AvgIpc) is 2.39. The van der Waals surface area contributed by atoms with Crippen molar-refractivity contribution in [3.05, 3.63) is 58.1 Å². The van der Waals surface area contributed by atoms with Crippen LogP contribution in [0.1, 0.15) is 27.8 Å². The van der Waals surface area contributed by atoms with E-state index in [1.165, 1.54) is 11.1 Å². The zero-order chi connectivity index (χ0) is 14.7. The molecule has 20 heavy (non-hydrogen) atoms. The zero-order valence-corrected chi connectivity index (χ0v) is 12.4. The molecule has 0 saturated heterocycles. The normalized spacial score (nSPS) is 11.0. The molecule has 0 atom stereocenters. The van der Waals surface area contributed by atoms with Crippen LogP contribution in [0, 0.1) is 27.7 Å². The SMILES string of the molecule is Cc1cc(C)c(O)c(C=NNc2ccc(C)c(C)c2)c1. The van der Waals surface area contributed by atoms with E-state index in [2.05, 4.69) is 30.4 Å². The molecular weight excluding hydrogens is 248 g/mol. The Labute approximate surface area is 120 Å². The van der Waals surface area contributed by atoms with E-state index in [-0.39, 0.29) is 5.75 Å². The second-order valence-corrected chi connectivity index (χ2v) is 5.19. The van der Waals surface area contributed by atoms with Gasteiger partial charge in [0.25, 0.3) is 0 Å². The highest BCUT2D eigenvalue weighted by atomic mass is 16.3. The summed E-state index contributed by atoms with van der Waals surface area (Å²) in [4.78, 5) is 0. The van der Waals surface area contributed by atoms with Crippen molar-refractivity contribution in [3.63, 3.8) is 0 Å². The van der Waals surface area contributed by atoms with Crippen LogP contribution in [0.2, 0.25) is 0 Å². The number of aryl methyl sites for hydroxylation is 4. The molecule has 2 aromatic carbocycles. The molecule has 0 aliphatic heterocycles. The third kappa shape index (κ3) is 3.18. The van der Waals surface area contributed by atoms with Gasteiger partial charge in [-0.2, -0.15) is 5.10 Å². The standard InChI is InChI=1S/C17H20N2O/c1-11-7-14(4)17(20)15(8-11)10-18-19-16-6-5-12(2)13(3)9-16/h5-10,19-20H,1-4H3. The fourth-order valence-electron chi connectivity index (χ4n) is 2.08. The number of nitrogens with zero attached hydrogens (tertiary/aromatic N) is 1. The lowest BCUT2D eigenvalue weighted by Gasteiger charge is -2.06. The van der Waals surface area contributed by atoms with E-state index in [1.54, 1.807) is 6.21 Å². The number of phenolic OH excluding ortho intramolecular Hbond substituents is 1. The highest BCUT2D eigenvalue weighted by Gasteiger charge is 2.03. The van der Waals surface area contributed by atoms with Crippen LogP contribution in [-0.4, -0.2) is 11.3 Å². The Balaban J connectivity index is 2.16. The molecular formula is C17H20N2O. The minimum absolute atomic E-state index is 0.279. The first-order valence-corrected chi connectivity index (χ1v) is 6.64. The summed E-state index contributed by atoms with van der Waals surface area (Å²) in [7, 11) is 0. The van der Waals surface area contributed by atoms with E-state index < -0.39 is 0 Å². The third-order valence-electron chi connectivity index (χ3n) is 3.38. The summed E-state index contributed by atoms with van der Waals surface area (Å²) >= 11 is 0. The molecule has 0 saturated carbocycles. The topological polar surface area (TPSA) is 44.6 Å². The molecule has 3 nitrogen and oxygen atoms in total. The van der Waals surface area contributed by atoms with Crippen LogP contribution in [0.4, 0.5) is 5.69 Å². The molecule has 0 aliphatic carbocycles. The Hall–Kier alpha value is -2.29. The second-order valence-electron chi connectivity index (χ2n) is 5.19. The van der Waals surface area contributed by atoms with Crippen molar-refractivity contribution >= 4 is 11.9 Å². The predicted molar refractivity (Wildman–Crippen MR) is 84.7 cm³/mol. The van der Waals surface area contributed by atoms with Gasteiger partial charge in [0.15, 0.2) is 0 Å². The van der Waals surface area contributed by atoms with Gasteiger partial charge in [0, 0.05) is 5.56 Å². The van der Waals surface area contributed by atoms with Gasteiger partial charge in [0.1, 0.15) is 5.75 Å². The molecule has 0 fully saturated rings. The van der Waals surface area contributed by atoms with Gasteiger partial charge in [-0.3, -0.25) is 5.43 Å². The highest BCUT2D eigenvalue weighted by Crippen LogP contribution is 2.22. The summed E-state index contributed by atoms with van der Waals surface area (Å²) in [6, 6.07) is 9.95. The number of phenols is 1. The van der Waals surface area contributed by atoms with Crippen LogP contribution in [-0.2, 0) is 0 Å². The maximum absolute atomic E-state index is 9.98. The molecule has 2 aromatic rings. The molecule has 0 heterocycles. The van der Waals surface area contributed by atoms with Crippen molar-refractivity contribution in [1.29, 1.82) is 0 Å². The number of benzene rings is 2. The second kappa shape index (κ2) is 5.78. The van der Waals surface area contributed by atoms with Crippen molar-refractivity contribution in [2.75, 3.05) is 5.43 Å². The van der Waals surface area contributed by atoms with E-state index in [1.807, 2.05) is 38.1 Å².